The Kier molecular flexibility index (Phi) is 7.98. The summed E-state index contributed by atoms with van der Waals surface area (Å²) in [5.74, 6) is -0.451. The van der Waals surface area contributed by atoms with Crippen molar-refractivity contribution in [3.8, 4) is 0 Å². The number of carbonyl (C=O) groups is 2. The lowest BCUT2D eigenvalue weighted by molar-refractivity contribution is -0.127. The normalized spacial score (nSPS) is 12.9. The zero-order valence-corrected chi connectivity index (χ0v) is 16.1. The molecule has 144 valence electrons. The highest BCUT2D eigenvalue weighted by Gasteiger charge is 2.22. The summed E-state index contributed by atoms with van der Waals surface area (Å²) in [6.45, 7) is 2.45. The largest absolute Gasteiger partial charge is 0.343 e. The third kappa shape index (κ3) is 6.51. The minimum Gasteiger partial charge on any atom is -0.343 e. The summed E-state index contributed by atoms with van der Waals surface area (Å²) >= 11 is 0. The maximum atomic E-state index is 12.5. The van der Waals surface area contributed by atoms with Crippen molar-refractivity contribution in [3.05, 3.63) is 65.7 Å². The van der Waals surface area contributed by atoms with Gasteiger partial charge in [0, 0.05) is 12.2 Å². The van der Waals surface area contributed by atoms with Gasteiger partial charge in [0.25, 0.3) is 0 Å². The molecule has 2 aromatic carbocycles. The van der Waals surface area contributed by atoms with Gasteiger partial charge in [0.2, 0.25) is 11.8 Å². The Morgan fingerprint density at radius 2 is 1.56 bits per heavy atom. The number of rotatable bonds is 9. The van der Waals surface area contributed by atoms with Gasteiger partial charge in [-0.05, 0) is 50.7 Å². The highest BCUT2D eigenvalue weighted by atomic mass is 16.2. The maximum absolute atomic E-state index is 12.5. The van der Waals surface area contributed by atoms with Gasteiger partial charge in [0.1, 0.15) is 6.04 Å². The molecular formula is C21H28N4O2. The number of benzene rings is 2. The molecule has 2 atom stereocenters. The molecule has 4 N–H and O–H groups in total. The van der Waals surface area contributed by atoms with Gasteiger partial charge in [-0.25, -0.2) is 0 Å². The zero-order valence-electron chi connectivity index (χ0n) is 16.1. The molecule has 0 unspecified atom stereocenters. The molecule has 0 aromatic heterocycles. The fourth-order valence-corrected chi connectivity index (χ4v) is 2.72. The lowest BCUT2D eigenvalue weighted by Gasteiger charge is -2.20. The van der Waals surface area contributed by atoms with Gasteiger partial charge in [0.05, 0.1) is 6.04 Å². The first-order valence-electron chi connectivity index (χ1n) is 9.09. The van der Waals surface area contributed by atoms with Gasteiger partial charge in [-0.15, -0.1) is 0 Å². The van der Waals surface area contributed by atoms with Gasteiger partial charge >= 0.3 is 0 Å². The number of hydrogen-bond donors (Lipinski definition) is 4. The monoisotopic (exact) mass is 368 g/mol. The van der Waals surface area contributed by atoms with Gasteiger partial charge in [-0.3, -0.25) is 9.59 Å². The van der Waals surface area contributed by atoms with E-state index in [9.17, 15) is 9.59 Å². The van der Waals surface area contributed by atoms with Gasteiger partial charge < -0.3 is 21.3 Å². The third-order valence-corrected chi connectivity index (χ3v) is 4.30. The second-order valence-electron chi connectivity index (χ2n) is 6.48. The molecule has 0 aliphatic heterocycles. The lowest BCUT2D eigenvalue weighted by atomic mass is 10.1. The molecule has 0 saturated heterocycles. The molecule has 0 heterocycles. The van der Waals surface area contributed by atoms with E-state index in [1.165, 1.54) is 0 Å². The van der Waals surface area contributed by atoms with E-state index in [1.54, 1.807) is 14.0 Å². The number of hydrogen-bond acceptors (Lipinski definition) is 4. The number of anilines is 1. The summed E-state index contributed by atoms with van der Waals surface area (Å²) in [6.07, 6.45) is 0.560. The molecule has 6 heteroatoms. The van der Waals surface area contributed by atoms with Crippen molar-refractivity contribution in [2.75, 3.05) is 19.4 Å². The summed E-state index contributed by atoms with van der Waals surface area (Å²) in [4.78, 5) is 24.9. The van der Waals surface area contributed by atoms with Crippen LogP contribution in [-0.4, -0.2) is 38.0 Å². The van der Waals surface area contributed by atoms with Gasteiger partial charge in [0.15, 0.2) is 0 Å². The van der Waals surface area contributed by atoms with Crippen molar-refractivity contribution in [2.45, 2.75) is 32.0 Å². The fraction of sp³-hybridized carbons (Fsp3) is 0.333. The van der Waals surface area contributed by atoms with Crippen LogP contribution < -0.4 is 21.3 Å². The fourth-order valence-electron chi connectivity index (χ4n) is 2.72. The highest BCUT2D eigenvalue weighted by Crippen LogP contribution is 2.10. The second kappa shape index (κ2) is 10.4. The molecule has 27 heavy (non-hydrogen) atoms. The summed E-state index contributed by atoms with van der Waals surface area (Å²) in [7, 11) is 3.63. The van der Waals surface area contributed by atoms with Gasteiger partial charge in [-0.1, -0.05) is 42.5 Å². The smallest absolute Gasteiger partial charge is 0.246 e. The van der Waals surface area contributed by atoms with Crippen LogP contribution in [0.4, 0.5) is 5.69 Å². The topological polar surface area (TPSA) is 82.3 Å². The quantitative estimate of drug-likeness (QED) is 0.543. The summed E-state index contributed by atoms with van der Waals surface area (Å²) in [6, 6.07) is 16.3. The van der Waals surface area contributed by atoms with E-state index in [-0.39, 0.29) is 11.8 Å². The maximum Gasteiger partial charge on any atom is 0.246 e. The number of amides is 2. The van der Waals surface area contributed by atoms with Crippen molar-refractivity contribution < 1.29 is 9.59 Å². The van der Waals surface area contributed by atoms with Gasteiger partial charge in [-0.2, -0.15) is 0 Å². The molecule has 6 nitrogen and oxygen atoms in total. The van der Waals surface area contributed by atoms with Crippen molar-refractivity contribution in [1.29, 1.82) is 0 Å². The Hall–Kier alpha value is -2.70. The number of nitrogens with one attached hydrogen (secondary N) is 4. The van der Waals surface area contributed by atoms with Crippen LogP contribution in [-0.2, 0) is 22.6 Å². The molecule has 0 saturated carbocycles. The lowest BCUT2D eigenvalue weighted by Crippen LogP contribution is -2.50. The Labute approximate surface area is 160 Å². The van der Waals surface area contributed by atoms with Crippen LogP contribution in [0.15, 0.2) is 54.6 Å². The second-order valence-corrected chi connectivity index (χ2v) is 6.48. The Balaban J connectivity index is 1.88. The van der Waals surface area contributed by atoms with Crippen molar-refractivity contribution >= 4 is 17.5 Å². The Bertz CT molecular complexity index is 732. The predicted octanol–water partition coefficient (Wildman–Crippen LogP) is 1.68. The first kappa shape index (κ1) is 20.6. The van der Waals surface area contributed by atoms with E-state index in [0.29, 0.717) is 12.1 Å². The van der Waals surface area contributed by atoms with Crippen LogP contribution >= 0.6 is 0 Å². The molecule has 0 spiro atoms. The molecule has 0 radical (unpaired) electrons. The van der Waals surface area contributed by atoms with Crippen molar-refractivity contribution in [3.63, 3.8) is 0 Å². The minimum atomic E-state index is -0.638. The molecular weight excluding hydrogens is 340 g/mol. The molecule has 0 fully saturated rings. The zero-order chi connectivity index (χ0) is 19.6. The minimum absolute atomic E-state index is 0.201. The molecule has 0 aliphatic carbocycles. The Morgan fingerprint density at radius 1 is 0.889 bits per heavy atom. The van der Waals surface area contributed by atoms with Crippen LogP contribution in [0.5, 0.6) is 0 Å². The van der Waals surface area contributed by atoms with Crippen LogP contribution in [0.3, 0.4) is 0 Å². The van der Waals surface area contributed by atoms with Crippen LogP contribution in [0, 0.1) is 0 Å². The van der Waals surface area contributed by atoms with Crippen molar-refractivity contribution in [1.82, 2.24) is 16.0 Å². The van der Waals surface area contributed by atoms with Crippen molar-refractivity contribution in [2.24, 2.45) is 0 Å². The first-order valence-corrected chi connectivity index (χ1v) is 9.09. The molecule has 0 aliphatic rings. The molecule has 2 amide bonds. The third-order valence-electron chi connectivity index (χ3n) is 4.30. The van der Waals surface area contributed by atoms with E-state index in [4.69, 9.17) is 0 Å². The Morgan fingerprint density at radius 3 is 2.15 bits per heavy atom. The van der Waals surface area contributed by atoms with Crippen LogP contribution in [0.25, 0.3) is 0 Å². The van der Waals surface area contributed by atoms with E-state index < -0.39 is 12.1 Å². The summed E-state index contributed by atoms with van der Waals surface area (Å²) in [5.41, 5.74) is 2.90. The SMILES string of the molecule is CNCc1ccc(NC(=O)[C@H](C)NC(=O)[C@H](Cc2ccccc2)NC)cc1. The number of likely N-dealkylation sites (N-methyl/N-ethyl adjacent to an activating group) is 1. The average molecular weight is 368 g/mol. The van der Waals surface area contributed by atoms with E-state index in [1.807, 2.05) is 61.6 Å². The average Bonchev–Trinajstić information content (AvgIpc) is 2.68. The summed E-state index contributed by atoms with van der Waals surface area (Å²) in [5, 5.41) is 11.7. The molecule has 2 aromatic rings. The predicted molar refractivity (Wildman–Crippen MR) is 108 cm³/mol. The van der Waals surface area contributed by atoms with E-state index in [0.717, 1.165) is 17.7 Å². The van der Waals surface area contributed by atoms with E-state index >= 15 is 0 Å². The molecule has 2 rings (SSSR count). The van der Waals surface area contributed by atoms with E-state index in [2.05, 4.69) is 21.3 Å². The highest BCUT2D eigenvalue weighted by molar-refractivity contribution is 5.97. The molecule has 0 bridgehead atoms. The summed E-state index contributed by atoms with van der Waals surface area (Å²) < 4.78 is 0. The van der Waals surface area contributed by atoms with Crippen LogP contribution in [0.1, 0.15) is 18.1 Å². The standard InChI is InChI=1S/C21H28N4O2/c1-15(20(26)25-18-11-9-17(10-12-18)14-22-2)24-21(27)19(23-3)13-16-7-5-4-6-8-16/h4-12,15,19,22-23H,13-14H2,1-3H3,(H,24,27)(H,25,26)/t15-,19-/m0/s1. The first-order chi connectivity index (χ1) is 13.0. The number of carbonyl (C=O) groups excluding carboxylic acids is 2. The van der Waals surface area contributed by atoms with Crippen LogP contribution in [0.2, 0.25) is 0 Å².